The summed E-state index contributed by atoms with van der Waals surface area (Å²) in [5.41, 5.74) is 3.30. The Labute approximate surface area is 104 Å². The molecule has 0 bridgehead atoms. The minimum Gasteiger partial charge on any atom is -0.356 e. The zero-order valence-corrected chi connectivity index (χ0v) is 10.8. The number of anilines is 2. The van der Waals surface area contributed by atoms with E-state index in [0.717, 1.165) is 16.3 Å². The molecule has 1 unspecified atom stereocenters. The molecule has 1 N–H and O–H groups in total. The molecule has 2 nitrogen and oxygen atoms in total. The molecule has 0 radical (unpaired) electrons. The van der Waals surface area contributed by atoms with E-state index in [0.29, 0.717) is 0 Å². The summed E-state index contributed by atoms with van der Waals surface area (Å²) in [6, 6.07) is 15.9. The molecule has 3 heteroatoms. The highest BCUT2D eigenvalue weighted by Gasteiger charge is 1.98. The topological polar surface area (TPSA) is 29.1 Å². The van der Waals surface area contributed by atoms with Crippen molar-refractivity contribution >= 4 is 22.2 Å². The lowest BCUT2D eigenvalue weighted by molar-refractivity contribution is 0.687. The number of rotatable bonds is 3. The van der Waals surface area contributed by atoms with Crippen LogP contribution in [0.15, 0.2) is 53.4 Å². The predicted molar refractivity (Wildman–Crippen MR) is 73.2 cm³/mol. The Morgan fingerprint density at radius 1 is 0.882 bits per heavy atom. The van der Waals surface area contributed by atoms with Crippen LogP contribution in [0.2, 0.25) is 0 Å². The highest BCUT2D eigenvalue weighted by atomic mass is 32.2. The number of nitrogens with one attached hydrogen (secondary N) is 1. The van der Waals surface area contributed by atoms with E-state index in [1.54, 1.807) is 6.26 Å². The Bertz CT molecular complexity index is 517. The Kier molecular flexibility index (Phi) is 3.59. The number of hydrogen-bond donors (Lipinski definition) is 1. The van der Waals surface area contributed by atoms with Gasteiger partial charge in [-0.15, -0.1) is 0 Å². The van der Waals surface area contributed by atoms with Crippen LogP contribution in [-0.2, 0) is 10.8 Å². The van der Waals surface area contributed by atoms with E-state index >= 15 is 0 Å². The molecule has 2 aromatic rings. The molecule has 17 heavy (non-hydrogen) atoms. The van der Waals surface area contributed by atoms with Crippen molar-refractivity contribution in [3.05, 3.63) is 54.1 Å². The second-order valence-corrected chi connectivity index (χ2v) is 5.35. The van der Waals surface area contributed by atoms with Gasteiger partial charge in [0.1, 0.15) is 0 Å². The van der Waals surface area contributed by atoms with Gasteiger partial charge in [0.05, 0.1) is 0 Å². The maximum Gasteiger partial charge on any atom is 0.0498 e. The van der Waals surface area contributed by atoms with Gasteiger partial charge >= 0.3 is 0 Å². The van der Waals surface area contributed by atoms with Gasteiger partial charge in [0, 0.05) is 33.3 Å². The first-order chi connectivity index (χ1) is 8.15. The van der Waals surface area contributed by atoms with Gasteiger partial charge in [-0.2, -0.15) is 0 Å². The molecule has 0 amide bonds. The van der Waals surface area contributed by atoms with E-state index < -0.39 is 10.8 Å². The number of hydrogen-bond acceptors (Lipinski definition) is 2. The van der Waals surface area contributed by atoms with Gasteiger partial charge in [0.25, 0.3) is 0 Å². The fourth-order valence-corrected chi connectivity index (χ4v) is 2.05. The van der Waals surface area contributed by atoms with Crippen molar-refractivity contribution in [1.82, 2.24) is 0 Å². The maximum atomic E-state index is 11.2. The molecule has 88 valence electrons. The zero-order chi connectivity index (χ0) is 12.3. The molecule has 0 saturated carbocycles. The third-order valence-electron chi connectivity index (χ3n) is 2.53. The highest BCUT2D eigenvalue weighted by molar-refractivity contribution is 7.84. The van der Waals surface area contributed by atoms with Crippen LogP contribution < -0.4 is 5.32 Å². The van der Waals surface area contributed by atoms with Crippen molar-refractivity contribution < 1.29 is 4.21 Å². The Balaban J connectivity index is 2.13. The lowest BCUT2D eigenvalue weighted by Gasteiger charge is -2.07. The van der Waals surface area contributed by atoms with Gasteiger partial charge < -0.3 is 5.32 Å². The van der Waals surface area contributed by atoms with Gasteiger partial charge in [-0.25, -0.2) is 0 Å². The van der Waals surface area contributed by atoms with Crippen molar-refractivity contribution in [2.75, 3.05) is 11.6 Å². The van der Waals surface area contributed by atoms with Gasteiger partial charge in [-0.3, -0.25) is 4.21 Å². The first kappa shape index (κ1) is 11.9. The van der Waals surface area contributed by atoms with E-state index in [4.69, 9.17) is 0 Å². The standard InChI is InChI=1S/C14H15NOS/c1-11-3-5-12(6-4-11)15-13-7-9-14(10-8-13)17(2)16/h3-10,15H,1-2H3. The van der Waals surface area contributed by atoms with Crippen molar-refractivity contribution in [2.45, 2.75) is 11.8 Å². The van der Waals surface area contributed by atoms with Crippen molar-refractivity contribution in [2.24, 2.45) is 0 Å². The van der Waals surface area contributed by atoms with Crippen molar-refractivity contribution in [1.29, 1.82) is 0 Å². The maximum absolute atomic E-state index is 11.2. The molecule has 0 aliphatic carbocycles. The van der Waals surface area contributed by atoms with Crippen LogP contribution in [0.5, 0.6) is 0 Å². The SMILES string of the molecule is Cc1ccc(Nc2ccc(S(C)=O)cc2)cc1. The van der Waals surface area contributed by atoms with E-state index in [-0.39, 0.29) is 0 Å². The summed E-state index contributed by atoms with van der Waals surface area (Å²) in [5.74, 6) is 0. The Morgan fingerprint density at radius 3 is 1.82 bits per heavy atom. The molecule has 0 fully saturated rings. The van der Waals surface area contributed by atoms with Gasteiger partial charge in [0.2, 0.25) is 0 Å². The van der Waals surface area contributed by atoms with Crippen LogP contribution >= 0.6 is 0 Å². The van der Waals surface area contributed by atoms with Crippen LogP contribution in [0.1, 0.15) is 5.56 Å². The fourth-order valence-electron chi connectivity index (χ4n) is 1.53. The predicted octanol–water partition coefficient (Wildman–Crippen LogP) is 3.48. The van der Waals surface area contributed by atoms with Crippen LogP contribution in [0.25, 0.3) is 0 Å². The smallest absolute Gasteiger partial charge is 0.0498 e. The second-order valence-electron chi connectivity index (χ2n) is 3.97. The third-order valence-corrected chi connectivity index (χ3v) is 3.46. The number of benzene rings is 2. The molecule has 0 aliphatic heterocycles. The summed E-state index contributed by atoms with van der Waals surface area (Å²) in [7, 11) is -0.915. The van der Waals surface area contributed by atoms with Crippen molar-refractivity contribution in [3.8, 4) is 0 Å². The first-order valence-corrected chi connectivity index (χ1v) is 6.98. The lowest BCUT2D eigenvalue weighted by Crippen LogP contribution is -1.91. The van der Waals surface area contributed by atoms with Gasteiger partial charge in [-0.1, -0.05) is 17.7 Å². The zero-order valence-electron chi connectivity index (χ0n) is 9.94. The van der Waals surface area contributed by atoms with E-state index in [2.05, 4.69) is 24.4 Å². The average Bonchev–Trinajstić information content (AvgIpc) is 2.33. The van der Waals surface area contributed by atoms with Crippen LogP contribution in [0.4, 0.5) is 11.4 Å². The van der Waals surface area contributed by atoms with Crippen molar-refractivity contribution in [3.63, 3.8) is 0 Å². The molecule has 0 aromatic heterocycles. The highest BCUT2D eigenvalue weighted by Crippen LogP contribution is 2.18. The Morgan fingerprint density at radius 2 is 1.35 bits per heavy atom. The molecule has 2 aromatic carbocycles. The van der Waals surface area contributed by atoms with Crippen LogP contribution in [-0.4, -0.2) is 10.5 Å². The molecule has 0 heterocycles. The van der Waals surface area contributed by atoms with Crippen LogP contribution in [0.3, 0.4) is 0 Å². The second kappa shape index (κ2) is 5.15. The fraction of sp³-hybridized carbons (Fsp3) is 0.143. The molecule has 1 atom stereocenters. The van der Waals surface area contributed by atoms with Gasteiger partial charge in [0.15, 0.2) is 0 Å². The summed E-state index contributed by atoms with van der Waals surface area (Å²) in [6.45, 7) is 2.06. The molecule has 0 aliphatic rings. The first-order valence-electron chi connectivity index (χ1n) is 5.42. The molecular weight excluding hydrogens is 230 g/mol. The molecular formula is C14H15NOS. The number of aryl methyl sites for hydroxylation is 1. The van der Waals surface area contributed by atoms with E-state index in [9.17, 15) is 4.21 Å². The minimum absolute atomic E-state index is 0.847. The van der Waals surface area contributed by atoms with E-state index in [1.165, 1.54) is 5.56 Å². The quantitative estimate of drug-likeness (QED) is 0.897. The largest absolute Gasteiger partial charge is 0.356 e. The summed E-state index contributed by atoms with van der Waals surface area (Å²) in [4.78, 5) is 0.847. The average molecular weight is 245 g/mol. The summed E-state index contributed by atoms with van der Waals surface area (Å²) >= 11 is 0. The van der Waals surface area contributed by atoms with E-state index in [1.807, 2.05) is 36.4 Å². The third kappa shape index (κ3) is 3.17. The summed E-state index contributed by atoms with van der Waals surface area (Å²) < 4.78 is 11.2. The Hall–Kier alpha value is -1.61. The normalized spacial score (nSPS) is 12.1. The van der Waals surface area contributed by atoms with Gasteiger partial charge in [-0.05, 0) is 43.3 Å². The minimum atomic E-state index is -0.915. The molecule has 0 spiro atoms. The molecule has 2 rings (SSSR count). The monoisotopic (exact) mass is 245 g/mol. The summed E-state index contributed by atoms with van der Waals surface area (Å²) in [6.07, 6.45) is 1.68. The lowest BCUT2D eigenvalue weighted by atomic mass is 10.2. The van der Waals surface area contributed by atoms with Crippen LogP contribution in [0, 0.1) is 6.92 Å². The molecule has 0 saturated heterocycles. The summed E-state index contributed by atoms with van der Waals surface area (Å²) in [5, 5.41) is 3.30.